The molecule has 0 atom stereocenters. The number of halogens is 2. The molecule has 0 amide bonds. The van der Waals surface area contributed by atoms with Gasteiger partial charge in [0.05, 0.1) is 6.33 Å². The number of hydrogen-bond acceptors (Lipinski definition) is 7. The molecule has 38 heavy (non-hydrogen) atoms. The van der Waals surface area contributed by atoms with E-state index in [1.54, 1.807) is 0 Å². The van der Waals surface area contributed by atoms with E-state index in [1.807, 2.05) is 24.5 Å². The predicted molar refractivity (Wildman–Crippen MR) is 155 cm³/mol. The number of aromatic nitrogens is 4. The maximum Gasteiger partial charge on any atom is 0.227 e. The topological polar surface area (TPSA) is 96.9 Å². The van der Waals surface area contributed by atoms with Gasteiger partial charge in [-0.15, -0.1) is 0 Å². The molecule has 1 aliphatic heterocycles. The lowest BCUT2D eigenvalue weighted by atomic mass is 9.92. The zero-order valence-electron chi connectivity index (χ0n) is 21.9. The molecule has 1 aromatic carbocycles. The maximum atomic E-state index is 6.42. The Morgan fingerprint density at radius 2 is 1.63 bits per heavy atom. The third-order valence-electron chi connectivity index (χ3n) is 8.58. The third-order valence-corrected chi connectivity index (χ3v) is 9.17. The number of anilines is 2. The van der Waals surface area contributed by atoms with Crippen LogP contribution in [-0.2, 0) is 6.54 Å². The lowest BCUT2D eigenvalue weighted by molar-refractivity contribution is 0.211. The van der Waals surface area contributed by atoms with Gasteiger partial charge in [-0.1, -0.05) is 42.1 Å². The molecule has 3 aromatic rings. The van der Waals surface area contributed by atoms with Crippen molar-refractivity contribution >= 4 is 46.1 Å². The van der Waals surface area contributed by atoms with E-state index in [-0.39, 0.29) is 0 Å². The number of piperidine rings is 1. The van der Waals surface area contributed by atoms with Crippen molar-refractivity contribution in [3.63, 3.8) is 0 Å². The number of nitrogens with zero attached hydrogens (tertiary/aromatic N) is 5. The van der Waals surface area contributed by atoms with E-state index >= 15 is 0 Å². The normalized spacial score (nSPS) is 23.8. The van der Waals surface area contributed by atoms with Gasteiger partial charge in [0.2, 0.25) is 5.95 Å². The van der Waals surface area contributed by atoms with Crippen molar-refractivity contribution in [2.45, 2.75) is 94.9 Å². The molecule has 1 saturated heterocycles. The Kier molecular flexibility index (Phi) is 7.93. The summed E-state index contributed by atoms with van der Waals surface area (Å²) < 4.78 is 2.29. The van der Waals surface area contributed by atoms with Crippen molar-refractivity contribution in [1.29, 1.82) is 0 Å². The summed E-state index contributed by atoms with van der Waals surface area (Å²) in [6, 6.07) is 7.26. The molecule has 10 heteroatoms. The number of fused-ring (bicyclic) bond motifs is 1. The first-order chi connectivity index (χ1) is 18.5. The van der Waals surface area contributed by atoms with Crippen LogP contribution in [0.25, 0.3) is 11.2 Å². The Balaban J connectivity index is 1.17. The molecule has 0 unspecified atom stereocenters. The fourth-order valence-electron chi connectivity index (χ4n) is 6.30. The molecule has 3 heterocycles. The molecule has 4 N–H and O–H groups in total. The summed E-state index contributed by atoms with van der Waals surface area (Å²) in [7, 11) is 0. The first-order valence-corrected chi connectivity index (χ1v) is 15.0. The average molecular weight is 558 g/mol. The van der Waals surface area contributed by atoms with E-state index in [0.717, 1.165) is 85.7 Å². The number of nitrogens with one attached hydrogen (secondary N) is 2. The summed E-state index contributed by atoms with van der Waals surface area (Å²) in [4.78, 5) is 17.2. The molecule has 6 rings (SSSR count). The van der Waals surface area contributed by atoms with Crippen LogP contribution in [0.4, 0.5) is 11.8 Å². The molecule has 0 spiro atoms. The molecular formula is C28H38Cl2N8. The molecule has 2 saturated carbocycles. The Bertz CT molecular complexity index is 1240. The highest BCUT2D eigenvalue weighted by molar-refractivity contribution is 6.35. The lowest BCUT2D eigenvalue weighted by Crippen LogP contribution is -2.39. The van der Waals surface area contributed by atoms with Crippen molar-refractivity contribution in [3.05, 3.63) is 40.1 Å². The van der Waals surface area contributed by atoms with Crippen LogP contribution in [0.2, 0.25) is 10.0 Å². The van der Waals surface area contributed by atoms with Gasteiger partial charge in [-0.3, -0.25) is 4.90 Å². The van der Waals surface area contributed by atoms with Crippen LogP contribution in [0.3, 0.4) is 0 Å². The van der Waals surface area contributed by atoms with Crippen molar-refractivity contribution in [3.8, 4) is 0 Å². The highest BCUT2D eigenvalue weighted by Crippen LogP contribution is 2.34. The van der Waals surface area contributed by atoms with Crippen LogP contribution in [0, 0.1) is 0 Å². The number of imidazole rings is 1. The number of hydrogen-bond donors (Lipinski definition) is 3. The Morgan fingerprint density at radius 1 is 0.895 bits per heavy atom. The van der Waals surface area contributed by atoms with E-state index in [9.17, 15) is 0 Å². The zero-order valence-corrected chi connectivity index (χ0v) is 23.4. The Hall–Kier alpha value is -2.13. The van der Waals surface area contributed by atoms with Crippen molar-refractivity contribution in [1.82, 2.24) is 24.4 Å². The van der Waals surface area contributed by atoms with Gasteiger partial charge in [0, 0.05) is 53.8 Å². The number of rotatable bonds is 7. The highest BCUT2D eigenvalue weighted by atomic mass is 35.5. The second kappa shape index (κ2) is 11.5. The second-order valence-electron chi connectivity index (χ2n) is 11.3. The molecule has 0 bridgehead atoms. The summed E-state index contributed by atoms with van der Waals surface area (Å²) in [5.74, 6) is 1.55. The van der Waals surface area contributed by atoms with Crippen molar-refractivity contribution in [2.24, 2.45) is 5.73 Å². The maximum absolute atomic E-state index is 6.42. The van der Waals surface area contributed by atoms with E-state index in [4.69, 9.17) is 43.9 Å². The molecule has 3 aliphatic rings. The minimum absolute atomic E-state index is 0.319. The van der Waals surface area contributed by atoms with Gasteiger partial charge in [-0.25, -0.2) is 4.98 Å². The van der Waals surface area contributed by atoms with E-state index in [0.29, 0.717) is 35.1 Å². The van der Waals surface area contributed by atoms with Gasteiger partial charge >= 0.3 is 0 Å². The number of likely N-dealkylation sites (tertiary alicyclic amines) is 1. The van der Waals surface area contributed by atoms with Gasteiger partial charge in [-0.05, 0) is 69.1 Å². The van der Waals surface area contributed by atoms with Crippen LogP contribution in [0.1, 0.15) is 75.8 Å². The van der Waals surface area contributed by atoms with Gasteiger partial charge in [0.1, 0.15) is 0 Å². The molecule has 8 nitrogen and oxygen atoms in total. The fourth-order valence-corrected chi connectivity index (χ4v) is 6.77. The van der Waals surface area contributed by atoms with Crippen LogP contribution in [0.15, 0.2) is 24.5 Å². The Morgan fingerprint density at radius 3 is 2.37 bits per heavy atom. The SMILES string of the molecule is NC1CCC(Nc2nc(NC3CCN(Cc4ccc(Cl)cc4Cl)CC3)c3ncn(C4CCCC4)c3n2)CC1. The summed E-state index contributed by atoms with van der Waals surface area (Å²) in [6.45, 7) is 2.83. The van der Waals surface area contributed by atoms with Crippen LogP contribution in [-0.4, -0.2) is 55.6 Å². The average Bonchev–Trinajstić information content (AvgIpc) is 3.58. The van der Waals surface area contributed by atoms with E-state index in [2.05, 4.69) is 20.1 Å². The number of nitrogens with two attached hydrogens (primary N) is 1. The largest absolute Gasteiger partial charge is 0.365 e. The Labute approximate surface area is 234 Å². The summed E-state index contributed by atoms with van der Waals surface area (Å²) in [5.41, 5.74) is 9.08. The summed E-state index contributed by atoms with van der Waals surface area (Å²) >= 11 is 12.5. The van der Waals surface area contributed by atoms with Crippen LogP contribution >= 0.6 is 23.2 Å². The smallest absolute Gasteiger partial charge is 0.227 e. The van der Waals surface area contributed by atoms with Gasteiger partial charge in [0.15, 0.2) is 17.0 Å². The van der Waals surface area contributed by atoms with Crippen LogP contribution in [0.5, 0.6) is 0 Å². The third kappa shape index (κ3) is 5.88. The van der Waals surface area contributed by atoms with E-state index < -0.39 is 0 Å². The first-order valence-electron chi connectivity index (χ1n) is 14.2. The summed E-state index contributed by atoms with van der Waals surface area (Å²) in [6.07, 6.45) is 13.2. The minimum Gasteiger partial charge on any atom is -0.365 e. The van der Waals surface area contributed by atoms with Crippen LogP contribution < -0.4 is 16.4 Å². The molecule has 204 valence electrons. The van der Waals surface area contributed by atoms with E-state index in [1.165, 1.54) is 25.7 Å². The second-order valence-corrected chi connectivity index (χ2v) is 12.2. The zero-order chi connectivity index (χ0) is 26.1. The first kappa shape index (κ1) is 26.1. The molecule has 2 aromatic heterocycles. The van der Waals surface area contributed by atoms with Gasteiger partial charge in [0.25, 0.3) is 0 Å². The molecule has 3 fully saturated rings. The standard InChI is InChI=1S/C28H38Cl2N8/c29-19-6-5-18(24(30)15-19)16-37-13-11-22(12-14-37)33-26-25-27(38(17-32-25)23-3-1-2-4-23)36-28(35-26)34-21-9-7-20(31)8-10-21/h5-6,15,17,20-23H,1-4,7-14,16,31H2,(H2,33,34,35,36). The number of benzene rings is 1. The van der Waals surface area contributed by atoms with Crippen molar-refractivity contribution < 1.29 is 0 Å². The van der Waals surface area contributed by atoms with Gasteiger partial charge in [-0.2, -0.15) is 9.97 Å². The molecule has 2 aliphatic carbocycles. The highest BCUT2D eigenvalue weighted by Gasteiger charge is 2.26. The molecular weight excluding hydrogens is 519 g/mol. The van der Waals surface area contributed by atoms with Crippen molar-refractivity contribution in [2.75, 3.05) is 23.7 Å². The lowest BCUT2D eigenvalue weighted by Gasteiger charge is -2.33. The molecule has 0 radical (unpaired) electrons. The quantitative estimate of drug-likeness (QED) is 0.328. The predicted octanol–water partition coefficient (Wildman–Crippen LogP) is 6.01. The fraction of sp³-hybridized carbons (Fsp3) is 0.607. The monoisotopic (exact) mass is 556 g/mol. The van der Waals surface area contributed by atoms with Gasteiger partial charge < -0.3 is 20.9 Å². The minimum atomic E-state index is 0.319. The summed E-state index contributed by atoms with van der Waals surface area (Å²) in [5, 5.41) is 8.80.